The Morgan fingerprint density at radius 2 is 2.20 bits per heavy atom. The summed E-state index contributed by atoms with van der Waals surface area (Å²) in [6.45, 7) is 5.46. The van der Waals surface area contributed by atoms with Gasteiger partial charge in [0.25, 0.3) is 0 Å². The van der Waals surface area contributed by atoms with Crippen molar-refractivity contribution < 1.29 is 0 Å². The topological polar surface area (TPSA) is 35.9 Å². The van der Waals surface area contributed by atoms with Crippen LogP contribution in [0.4, 0.5) is 0 Å². The van der Waals surface area contributed by atoms with Gasteiger partial charge in [0.05, 0.1) is 5.84 Å². The summed E-state index contributed by atoms with van der Waals surface area (Å²) in [4.78, 5) is 0. The Bertz CT molecular complexity index is 138. The maximum Gasteiger partial charge on any atom is 0.0931 e. The lowest BCUT2D eigenvalue weighted by Crippen LogP contribution is -2.29. The highest BCUT2D eigenvalue weighted by Gasteiger charge is 2.20. The van der Waals surface area contributed by atoms with Gasteiger partial charge in [0.15, 0.2) is 0 Å². The Kier molecular flexibility index (Phi) is 1.97. The summed E-state index contributed by atoms with van der Waals surface area (Å²) >= 11 is 0. The van der Waals surface area contributed by atoms with E-state index in [1.807, 2.05) is 0 Å². The van der Waals surface area contributed by atoms with Crippen LogP contribution in [0.25, 0.3) is 0 Å². The predicted molar refractivity (Wildman–Crippen MR) is 43.4 cm³/mol. The Balaban J connectivity index is 2.48. The van der Waals surface area contributed by atoms with E-state index in [4.69, 9.17) is 5.41 Å². The lowest BCUT2D eigenvalue weighted by molar-refractivity contribution is 0.338. The molecule has 0 aromatic heterocycles. The zero-order valence-corrected chi connectivity index (χ0v) is 6.83. The quantitative estimate of drug-likeness (QED) is 0.528. The Hall–Kier alpha value is -0.530. The first-order valence-corrected chi connectivity index (χ1v) is 3.91. The maximum atomic E-state index is 7.39. The van der Waals surface area contributed by atoms with Crippen LogP contribution in [0.5, 0.6) is 0 Å². The molecule has 2 heteroatoms. The standard InChI is InChI=1S/C8H16N2/c1-8(2)5-3-4-7(9)10-6-8/h3-6H2,1-2H3,(H2,9,10). The molecule has 0 atom stereocenters. The molecule has 1 heterocycles. The number of amidine groups is 1. The fraction of sp³-hybridized carbons (Fsp3) is 0.875. The van der Waals surface area contributed by atoms with E-state index in [9.17, 15) is 0 Å². The smallest absolute Gasteiger partial charge is 0.0931 e. The van der Waals surface area contributed by atoms with Crippen LogP contribution >= 0.6 is 0 Å². The molecule has 0 aromatic rings. The van der Waals surface area contributed by atoms with E-state index in [0.29, 0.717) is 11.3 Å². The first-order valence-electron chi connectivity index (χ1n) is 3.91. The van der Waals surface area contributed by atoms with Gasteiger partial charge in [-0.1, -0.05) is 13.8 Å². The van der Waals surface area contributed by atoms with Gasteiger partial charge in [-0.3, -0.25) is 5.41 Å². The molecule has 1 aliphatic heterocycles. The molecule has 1 fully saturated rings. The second-order valence-electron chi connectivity index (χ2n) is 3.85. The van der Waals surface area contributed by atoms with E-state index in [2.05, 4.69) is 19.2 Å². The van der Waals surface area contributed by atoms with E-state index in [1.165, 1.54) is 12.8 Å². The van der Waals surface area contributed by atoms with Crippen LogP contribution < -0.4 is 5.32 Å². The summed E-state index contributed by atoms with van der Waals surface area (Å²) in [6.07, 6.45) is 3.34. The average Bonchev–Trinajstić information content (AvgIpc) is 1.94. The fourth-order valence-electron chi connectivity index (χ4n) is 1.27. The molecule has 1 aliphatic rings. The zero-order chi connectivity index (χ0) is 7.61. The molecule has 0 saturated carbocycles. The summed E-state index contributed by atoms with van der Waals surface area (Å²) in [5.74, 6) is 0.713. The van der Waals surface area contributed by atoms with Crippen molar-refractivity contribution in [3.8, 4) is 0 Å². The van der Waals surface area contributed by atoms with Gasteiger partial charge in [0.2, 0.25) is 0 Å². The molecular weight excluding hydrogens is 124 g/mol. The Morgan fingerprint density at radius 3 is 2.90 bits per heavy atom. The van der Waals surface area contributed by atoms with Crippen LogP contribution in [-0.4, -0.2) is 12.4 Å². The third-order valence-electron chi connectivity index (χ3n) is 2.06. The molecule has 0 unspecified atom stereocenters. The minimum atomic E-state index is 0.392. The van der Waals surface area contributed by atoms with Gasteiger partial charge in [0, 0.05) is 13.0 Å². The highest BCUT2D eigenvalue weighted by atomic mass is 14.9. The molecule has 0 amide bonds. The maximum absolute atomic E-state index is 7.39. The van der Waals surface area contributed by atoms with Crippen LogP contribution in [0.2, 0.25) is 0 Å². The molecule has 0 aromatic carbocycles. The van der Waals surface area contributed by atoms with E-state index in [0.717, 1.165) is 13.0 Å². The predicted octanol–water partition coefficient (Wildman–Crippen LogP) is 1.76. The lowest BCUT2D eigenvalue weighted by Gasteiger charge is -2.21. The molecule has 0 bridgehead atoms. The molecule has 2 N–H and O–H groups in total. The monoisotopic (exact) mass is 140 g/mol. The van der Waals surface area contributed by atoms with Gasteiger partial charge in [-0.25, -0.2) is 0 Å². The molecule has 0 radical (unpaired) electrons. The van der Waals surface area contributed by atoms with Gasteiger partial charge >= 0.3 is 0 Å². The molecule has 0 aliphatic carbocycles. The van der Waals surface area contributed by atoms with Crippen molar-refractivity contribution >= 4 is 5.84 Å². The van der Waals surface area contributed by atoms with Gasteiger partial charge < -0.3 is 5.32 Å². The fourth-order valence-corrected chi connectivity index (χ4v) is 1.27. The Morgan fingerprint density at radius 1 is 1.50 bits per heavy atom. The highest BCUT2D eigenvalue weighted by Crippen LogP contribution is 2.24. The second-order valence-corrected chi connectivity index (χ2v) is 3.85. The molecule has 1 rings (SSSR count). The van der Waals surface area contributed by atoms with E-state index in [-0.39, 0.29) is 0 Å². The molecule has 10 heavy (non-hydrogen) atoms. The van der Waals surface area contributed by atoms with E-state index >= 15 is 0 Å². The molecule has 0 spiro atoms. The average molecular weight is 140 g/mol. The van der Waals surface area contributed by atoms with Crippen molar-refractivity contribution in [1.82, 2.24) is 5.32 Å². The third kappa shape index (κ3) is 2.01. The van der Waals surface area contributed by atoms with Crippen LogP contribution in [-0.2, 0) is 0 Å². The minimum absolute atomic E-state index is 0.392. The number of hydrogen-bond donors (Lipinski definition) is 2. The summed E-state index contributed by atoms with van der Waals surface area (Å²) in [7, 11) is 0. The van der Waals surface area contributed by atoms with Crippen molar-refractivity contribution in [3.05, 3.63) is 0 Å². The van der Waals surface area contributed by atoms with E-state index < -0.39 is 0 Å². The molecule has 58 valence electrons. The third-order valence-corrected chi connectivity index (χ3v) is 2.06. The summed E-state index contributed by atoms with van der Waals surface area (Å²) < 4.78 is 0. The van der Waals surface area contributed by atoms with Crippen molar-refractivity contribution in [2.24, 2.45) is 5.41 Å². The first-order chi connectivity index (χ1) is 4.60. The largest absolute Gasteiger partial charge is 0.373 e. The van der Waals surface area contributed by atoms with Crippen LogP contribution in [0, 0.1) is 10.8 Å². The minimum Gasteiger partial charge on any atom is -0.373 e. The number of hydrogen-bond acceptors (Lipinski definition) is 1. The first kappa shape index (κ1) is 7.58. The van der Waals surface area contributed by atoms with Crippen LogP contribution in [0.15, 0.2) is 0 Å². The van der Waals surface area contributed by atoms with Crippen molar-refractivity contribution in [1.29, 1.82) is 5.41 Å². The summed E-state index contributed by atoms with van der Waals surface area (Å²) in [6, 6.07) is 0. The van der Waals surface area contributed by atoms with Crippen molar-refractivity contribution in [2.45, 2.75) is 33.1 Å². The zero-order valence-electron chi connectivity index (χ0n) is 6.83. The second kappa shape index (κ2) is 2.60. The van der Waals surface area contributed by atoms with Crippen molar-refractivity contribution in [2.75, 3.05) is 6.54 Å². The van der Waals surface area contributed by atoms with Crippen LogP contribution in [0.3, 0.4) is 0 Å². The van der Waals surface area contributed by atoms with Gasteiger partial charge in [-0.05, 0) is 18.3 Å². The lowest BCUT2D eigenvalue weighted by atomic mass is 9.88. The van der Waals surface area contributed by atoms with Gasteiger partial charge in [-0.15, -0.1) is 0 Å². The van der Waals surface area contributed by atoms with E-state index in [1.54, 1.807) is 0 Å². The number of nitrogens with one attached hydrogen (secondary N) is 2. The summed E-state index contributed by atoms with van der Waals surface area (Å²) in [5, 5.41) is 10.5. The molecule has 2 nitrogen and oxygen atoms in total. The Labute approximate surface area is 62.5 Å². The van der Waals surface area contributed by atoms with Gasteiger partial charge in [-0.2, -0.15) is 0 Å². The molecular formula is C8H16N2. The normalized spacial score (nSPS) is 25.2. The number of rotatable bonds is 0. The SMILES string of the molecule is CC1(C)CCCC(=N)NC1. The van der Waals surface area contributed by atoms with Crippen molar-refractivity contribution in [3.63, 3.8) is 0 Å². The molecule has 1 saturated heterocycles. The highest BCUT2D eigenvalue weighted by molar-refractivity contribution is 5.79. The summed E-state index contributed by atoms with van der Waals surface area (Å²) in [5.41, 5.74) is 0.392. The van der Waals surface area contributed by atoms with Gasteiger partial charge in [0.1, 0.15) is 0 Å². The van der Waals surface area contributed by atoms with Crippen LogP contribution in [0.1, 0.15) is 33.1 Å².